The molecule has 0 aromatic carbocycles. The molecule has 0 bridgehead atoms. The molecule has 0 saturated heterocycles. The summed E-state index contributed by atoms with van der Waals surface area (Å²) < 4.78 is 0. The number of hydrogen-bond donors (Lipinski definition) is 0. The molecular weight excluding hydrogens is 1230 g/mol. The molecule has 0 unspecified atom stereocenters. The Labute approximate surface area is 363 Å². The summed E-state index contributed by atoms with van der Waals surface area (Å²) in [7, 11) is 0. The van der Waals surface area contributed by atoms with Crippen LogP contribution in [0.1, 0.15) is 0 Å². The van der Waals surface area contributed by atoms with Crippen molar-refractivity contribution < 1.29 is 374 Å². The molecule has 0 amide bonds. The first-order chi connectivity index (χ1) is 0. The average Bonchev–Trinajstić information content (AvgIpc) is 0. The van der Waals surface area contributed by atoms with Crippen molar-refractivity contribution in [1.82, 2.24) is 0 Å². The van der Waals surface area contributed by atoms with E-state index in [-0.39, 0.29) is 374 Å². The molecule has 0 saturated carbocycles. The SMILES string of the molecule is [Ce].[Ce].[Fe].[Fe].[Fe].[Fe].[Fe].[Fe].[Fe].[Fe].[Fe].[Fe].[Fe].[Fe].[Fe].[Fe].[Fe].[Fe].[Fe]. The predicted octanol–water partition coefficient (Wildman–Crippen LogP) is -0.0425. The van der Waals surface area contributed by atoms with Crippen molar-refractivity contribution in [3.05, 3.63) is 0 Å². The third kappa shape index (κ3) is 168. The van der Waals surface area contributed by atoms with Gasteiger partial charge >= 0.3 is 0 Å². The summed E-state index contributed by atoms with van der Waals surface area (Å²) in [6.45, 7) is 0. The maximum Gasteiger partial charge on any atom is 0 e. The molecule has 0 fully saturated rings. The van der Waals surface area contributed by atoms with E-state index in [1.165, 1.54) is 0 Å². The summed E-state index contributed by atoms with van der Waals surface area (Å²) in [6, 6.07) is 0. The third-order valence-corrected chi connectivity index (χ3v) is 0. The summed E-state index contributed by atoms with van der Waals surface area (Å²) in [5.74, 6) is 0. The minimum absolute atomic E-state index is 0. The van der Waals surface area contributed by atoms with Gasteiger partial charge in [0.25, 0.3) is 0 Å². The molecule has 144 valence electrons. The van der Waals surface area contributed by atoms with Crippen LogP contribution in [0.15, 0.2) is 0 Å². The van der Waals surface area contributed by atoms with Crippen molar-refractivity contribution in [2.45, 2.75) is 0 Å². The minimum atomic E-state index is 0. The molecule has 0 aromatic heterocycles. The number of hydrogen-bond acceptors (Lipinski definition) is 0. The molecule has 0 aliphatic heterocycles. The van der Waals surface area contributed by atoms with Crippen LogP contribution >= 0.6 is 0 Å². The Morgan fingerprint density at radius 2 is 0.105 bits per heavy atom. The molecule has 19 heteroatoms. The summed E-state index contributed by atoms with van der Waals surface area (Å²) in [6.07, 6.45) is 0. The van der Waals surface area contributed by atoms with Gasteiger partial charge in [0.05, 0.1) is 0 Å². The van der Waals surface area contributed by atoms with E-state index in [0.717, 1.165) is 0 Å². The first kappa shape index (κ1) is 199. The van der Waals surface area contributed by atoms with Crippen LogP contribution in [0.3, 0.4) is 0 Å². The van der Waals surface area contributed by atoms with Gasteiger partial charge in [-0.2, -0.15) is 0 Å². The maximum atomic E-state index is 0. The van der Waals surface area contributed by atoms with Gasteiger partial charge in [-0.25, -0.2) is 0 Å². The average molecular weight is 1230 g/mol. The Morgan fingerprint density at radius 1 is 0.105 bits per heavy atom. The van der Waals surface area contributed by atoms with E-state index in [1.807, 2.05) is 0 Å². The van der Waals surface area contributed by atoms with Crippen LogP contribution in [0.25, 0.3) is 0 Å². The summed E-state index contributed by atoms with van der Waals surface area (Å²) in [5, 5.41) is 0. The molecule has 0 aliphatic rings. The molecule has 0 spiro atoms. The summed E-state index contributed by atoms with van der Waals surface area (Å²) >= 11 is 0. The maximum absolute atomic E-state index is 0. The Kier molecular flexibility index (Phi) is 1890. The third-order valence-electron chi connectivity index (χ3n) is 0. The zero-order chi connectivity index (χ0) is 0. The molecule has 0 aliphatic carbocycles. The second-order valence-corrected chi connectivity index (χ2v) is 0. The van der Waals surface area contributed by atoms with Crippen molar-refractivity contribution in [3.8, 4) is 0 Å². The monoisotopic (exact) mass is 1230 g/mol. The van der Waals surface area contributed by atoms with Crippen LogP contribution in [0.4, 0.5) is 0 Å². The van der Waals surface area contributed by atoms with E-state index in [1.54, 1.807) is 0 Å². The van der Waals surface area contributed by atoms with Gasteiger partial charge in [-0.05, 0) is 0 Å². The fourth-order valence-electron chi connectivity index (χ4n) is 0. The second-order valence-electron chi connectivity index (χ2n) is 0. The largest absolute Gasteiger partial charge is 0 e. The van der Waals surface area contributed by atoms with Crippen molar-refractivity contribution >= 4 is 0 Å². The summed E-state index contributed by atoms with van der Waals surface area (Å²) in [4.78, 5) is 0. The van der Waals surface area contributed by atoms with Gasteiger partial charge in [-0.3, -0.25) is 0 Å². The smallest absolute Gasteiger partial charge is 0 e. The Bertz CT molecular complexity index is 9.22. The molecule has 0 heterocycles. The standard InChI is InChI=1S/2Ce.17Fe. The van der Waals surface area contributed by atoms with Crippen molar-refractivity contribution in [2.24, 2.45) is 0 Å². The zero-order valence-electron chi connectivity index (χ0n) is 7.01. The first-order valence-corrected chi connectivity index (χ1v) is 0. The first-order valence-electron chi connectivity index (χ1n) is 0. The van der Waals surface area contributed by atoms with E-state index in [4.69, 9.17) is 0 Å². The molecule has 19 heavy (non-hydrogen) atoms. The number of rotatable bonds is 0. The van der Waals surface area contributed by atoms with Crippen LogP contribution in [0, 0.1) is 83.5 Å². The normalized spacial score (nSPS) is 0. The molecule has 0 radical (unpaired) electrons. The van der Waals surface area contributed by atoms with Gasteiger partial charge in [0.15, 0.2) is 0 Å². The van der Waals surface area contributed by atoms with E-state index < -0.39 is 0 Å². The van der Waals surface area contributed by atoms with E-state index in [9.17, 15) is 0 Å². The zero-order valence-corrected chi connectivity index (χ0v) is 32.1. The van der Waals surface area contributed by atoms with Crippen LogP contribution in [0.2, 0.25) is 0 Å². The Balaban J connectivity index is 0. The van der Waals surface area contributed by atoms with E-state index in [0.29, 0.717) is 0 Å². The second kappa shape index (κ2) is 180. The van der Waals surface area contributed by atoms with Crippen molar-refractivity contribution in [2.75, 3.05) is 0 Å². The fraction of sp³-hybridized carbons (Fsp3) is 0. The van der Waals surface area contributed by atoms with Gasteiger partial charge in [-0.1, -0.05) is 0 Å². The fourth-order valence-corrected chi connectivity index (χ4v) is 0. The van der Waals surface area contributed by atoms with Crippen LogP contribution in [-0.2, 0) is 290 Å². The van der Waals surface area contributed by atoms with E-state index in [2.05, 4.69) is 0 Å². The van der Waals surface area contributed by atoms with Gasteiger partial charge in [0.1, 0.15) is 0 Å². The predicted molar refractivity (Wildman–Crippen MR) is 0 cm³/mol. The van der Waals surface area contributed by atoms with Crippen LogP contribution in [0.5, 0.6) is 0 Å². The van der Waals surface area contributed by atoms with Crippen molar-refractivity contribution in [3.63, 3.8) is 0 Å². The van der Waals surface area contributed by atoms with Gasteiger partial charge in [0.2, 0.25) is 0 Å². The quantitative estimate of drug-likeness (QED) is 0.300. The Morgan fingerprint density at radius 3 is 0.105 bits per heavy atom. The molecule has 0 atom stereocenters. The molecule has 0 nitrogen and oxygen atoms in total. The van der Waals surface area contributed by atoms with Gasteiger partial charge in [-0.15, -0.1) is 0 Å². The molecule has 0 N–H and O–H groups in total. The van der Waals surface area contributed by atoms with Crippen LogP contribution in [-0.4, -0.2) is 0 Å². The Hall–Kier alpha value is 11.6. The molecule has 0 rings (SSSR count). The van der Waals surface area contributed by atoms with E-state index >= 15 is 0 Å². The minimum Gasteiger partial charge on any atom is 0 e. The van der Waals surface area contributed by atoms with Crippen molar-refractivity contribution in [1.29, 1.82) is 0 Å². The topological polar surface area (TPSA) is 0 Å². The molecular formula is Ce2Fe17. The molecule has 0 aromatic rings. The van der Waals surface area contributed by atoms with Gasteiger partial charge in [0, 0.05) is 374 Å². The van der Waals surface area contributed by atoms with Gasteiger partial charge < -0.3 is 0 Å². The van der Waals surface area contributed by atoms with Crippen LogP contribution < -0.4 is 0 Å². The summed E-state index contributed by atoms with van der Waals surface area (Å²) in [5.41, 5.74) is 0.